The van der Waals surface area contributed by atoms with E-state index in [1.165, 1.54) is 0 Å². The minimum Gasteiger partial charge on any atom is -0.352 e. The summed E-state index contributed by atoms with van der Waals surface area (Å²) in [5.41, 5.74) is 0. The topological polar surface area (TPSA) is 35.5 Å². The van der Waals surface area contributed by atoms with E-state index in [0.717, 1.165) is 45.3 Å². The van der Waals surface area contributed by atoms with Gasteiger partial charge in [0.05, 0.1) is 13.2 Å². The molecule has 3 heteroatoms. The van der Waals surface area contributed by atoms with Crippen LogP contribution in [-0.2, 0) is 14.3 Å². The van der Waals surface area contributed by atoms with Crippen molar-refractivity contribution in [2.24, 2.45) is 11.8 Å². The summed E-state index contributed by atoms with van der Waals surface area (Å²) in [5, 5.41) is 0. The van der Waals surface area contributed by atoms with Crippen LogP contribution in [0.1, 0.15) is 39.0 Å². The number of hydrogen-bond acceptors (Lipinski definition) is 3. The molecule has 0 N–H and O–H groups in total. The highest BCUT2D eigenvalue weighted by molar-refractivity contribution is 5.79. The maximum atomic E-state index is 11.1. The van der Waals surface area contributed by atoms with Gasteiger partial charge in [0.2, 0.25) is 0 Å². The van der Waals surface area contributed by atoms with E-state index >= 15 is 0 Å². The lowest BCUT2D eigenvalue weighted by Gasteiger charge is -2.34. The second kappa shape index (κ2) is 5.08. The van der Waals surface area contributed by atoms with Crippen LogP contribution in [0.5, 0.6) is 0 Å². The van der Waals surface area contributed by atoms with Gasteiger partial charge in [0.1, 0.15) is 5.78 Å². The second-order valence-electron chi connectivity index (χ2n) is 4.70. The molecule has 1 saturated carbocycles. The van der Waals surface area contributed by atoms with E-state index in [2.05, 4.69) is 6.92 Å². The van der Waals surface area contributed by atoms with E-state index < -0.39 is 0 Å². The molecule has 1 aliphatic carbocycles. The van der Waals surface area contributed by atoms with Crippen molar-refractivity contribution in [1.82, 2.24) is 0 Å². The Balaban J connectivity index is 1.83. The zero-order valence-electron chi connectivity index (χ0n) is 9.41. The number of carbonyl (C=O) groups excluding carboxylic acids is 1. The fourth-order valence-electron chi connectivity index (χ4n) is 2.52. The number of hydrogen-bond donors (Lipinski definition) is 0. The Hall–Kier alpha value is -0.410. The summed E-state index contributed by atoms with van der Waals surface area (Å²) < 4.78 is 11.2. The van der Waals surface area contributed by atoms with Crippen LogP contribution >= 0.6 is 0 Å². The SMILES string of the molecule is CC(C1CCC(=O)CC1)C1OCCCO1. The predicted octanol–water partition coefficient (Wildman–Crippen LogP) is 2.14. The summed E-state index contributed by atoms with van der Waals surface area (Å²) in [6.07, 6.45) is 4.51. The molecule has 1 aliphatic heterocycles. The van der Waals surface area contributed by atoms with Crippen LogP contribution in [0.2, 0.25) is 0 Å². The Kier molecular flexibility index (Phi) is 3.76. The Morgan fingerprint density at radius 2 is 1.80 bits per heavy atom. The number of Topliss-reactive ketones (excluding diaryl/α,β-unsaturated/α-hetero) is 1. The minimum absolute atomic E-state index is 0.0306. The molecule has 1 atom stereocenters. The normalized spacial score (nSPS) is 27.9. The number of rotatable bonds is 2. The largest absolute Gasteiger partial charge is 0.352 e. The van der Waals surface area contributed by atoms with Gasteiger partial charge in [-0.3, -0.25) is 4.79 Å². The van der Waals surface area contributed by atoms with E-state index in [1.807, 2.05) is 0 Å². The van der Waals surface area contributed by atoms with Crippen LogP contribution in [0.4, 0.5) is 0 Å². The molecule has 2 rings (SSSR count). The van der Waals surface area contributed by atoms with Crippen molar-refractivity contribution in [1.29, 1.82) is 0 Å². The Labute approximate surface area is 91.1 Å². The van der Waals surface area contributed by atoms with Crippen LogP contribution in [0.25, 0.3) is 0 Å². The second-order valence-corrected chi connectivity index (χ2v) is 4.70. The van der Waals surface area contributed by atoms with Gasteiger partial charge >= 0.3 is 0 Å². The van der Waals surface area contributed by atoms with Crippen LogP contribution < -0.4 is 0 Å². The molecular weight excluding hydrogens is 192 g/mol. The van der Waals surface area contributed by atoms with Crippen molar-refractivity contribution in [2.75, 3.05) is 13.2 Å². The lowest BCUT2D eigenvalue weighted by Crippen LogP contribution is -2.36. The molecule has 0 spiro atoms. The van der Waals surface area contributed by atoms with E-state index in [9.17, 15) is 4.79 Å². The number of ketones is 1. The molecule has 0 aromatic carbocycles. The van der Waals surface area contributed by atoms with Gasteiger partial charge in [-0.2, -0.15) is 0 Å². The smallest absolute Gasteiger partial charge is 0.160 e. The fraction of sp³-hybridized carbons (Fsp3) is 0.917. The number of carbonyl (C=O) groups is 1. The molecule has 0 aromatic heterocycles. The molecular formula is C12H20O3. The first-order valence-electron chi connectivity index (χ1n) is 6.02. The van der Waals surface area contributed by atoms with Crippen molar-refractivity contribution < 1.29 is 14.3 Å². The van der Waals surface area contributed by atoms with E-state index in [0.29, 0.717) is 17.6 Å². The standard InChI is InChI=1S/C12H20O3/c1-9(12-14-7-2-8-15-12)10-3-5-11(13)6-4-10/h9-10,12H,2-8H2,1H3. The highest BCUT2D eigenvalue weighted by Crippen LogP contribution is 2.32. The third-order valence-corrected chi connectivity index (χ3v) is 3.61. The summed E-state index contributed by atoms with van der Waals surface area (Å²) in [6, 6.07) is 0. The monoisotopic (exact) mass is 212 g/mol. The van der Waals surface area contributed by atoms with Crippen LogP contribution in [0, 0.1) is 11.8 Å². The van der Waals surface area contributed by atoms with Gasteiger partial charge in [0.25, 0.3) is 0 Å². The molecule has 0 bridgehead atoms. The molecule has 2 aliphatic rings. The molecule has 0 radical (unpaired) electrons. The zero-order valence-corrected chi connectivity index (χ0v) is 9.41. The molecule has 15 heavy (non-hydrogen) atoms. The lowest BCUT2D eigenvalue weighted by atomic mass is 9.80. The average Bonchev–Trinajstić information content (AvgIpc) is 2.30. The first kappa shape index (κ1) is 11.1. The lowest BCUT2D eigenvalue weighted by molar-refractivity contribution is -0.211. The van der Waals surface area contributed by atoms with Gasteiger partial charge in [-0.25, -0.2) is 0 Å². The first-order chi connectivity index (χ1) is 7.27. The van der Waals surface area contributed by atoms with E-state index in [-0.39, 0.29) is 6.29 Å². The molecule has 3 nitrogen and oxygen atoms in total. The van der Waals surface area contributed by atoms with Gasteiger partial charge in [0, 0.05) is 18.8 Å². The first-order valence-corrected chi connectivity index (χ1v) is 6.02. The Morgan fingerprint density at radius 3 is 2.40 bits per heavy atom. The maximum absolute atomic E-state index is 11.1. The third kappa shape index (κ3) is 2.79. The highest BCUT2D eigenvalue weighted by atomic mass is 16.7. The van der Waals surface area contributed by atoms with E-state index in [4.69, 9.17) is 9.47 Å². The molecule has 0 amide bonds. The molecule has 1 heterocycles. The summed E-state index contributed by atoms with van der Waals surface area (Å²) in [4.78, 5) is 11.1. The van der Waals surface area contributed by atoms with Crippen LogP contribution in [-0.4, -0.2) is 25.3 Å². The molecule has 86 valence electrons. The van der Waals surface area contributed by atoms with Gasteiger partial charge < -0.3 is 9.47 Å². The fourth-order valence-corrected chi connectivity index (χ4v) is 2.52. The zero-order chi connectivity index (χ0) is 10.7. The van der Waals surface area contributed by atoms with Crippen molar-refractivity contribution in [2.45, 2.75) is 45.3 Å². The van der Waals surface area contributed by atoms with Crippen molar-refractivity contribution in [3.63, 3.8) is 0 Å². The molecule has 0 aromatic rings. The van der Waals surface area contributed by atoms with Crippen molar-refractivity contribution in [3.05, 3.63) is 0 Å². The summed E-state index contributed by atoms with van der Waals surface area (Å²) >= 11 is 0. The van der Waals surface area contributed by atoms with E-state index in [1.54, 1.807) is 0 Å². The highest BCUT2D eigenvalue weighted by Gasteiger charge is 2.31. The molecule has 1 unspecified atom stereocenters. The minimum atomic E-state index is -0.0306. The van der Waals surface area contributed by atoms with Gasteiger partial charge in [-0.05, 0) is 25.2 Å². The summed E-state index contributed by atoms with van der Waals surface area (Å²) in [5.74, 6) is 1.45. The van der Waals surface area contributed by atoms with Crippen LogP contribution in [0.3, 0.4) is 0 Å². The van der Waals surface area contributed by atoms with Crippen molar-refractivity contribution >= 4 is 5.78 Å². The van der Waals surface area contributed by atoms with Crippen molar-refractivity contribution in [3.8, 4) is 0 Å². The van der Waals surface area contributed by atoms with Gasteiger partial charge in [0.15, 0.2) is 6.29 Å². The van der Waals surface area contributed by atoms with Gasteiger partial charge in [-0.15, -0.1) is 0 Å². The third-order valence-electron chi connectivity index (χ3n) is 3.61. The summed E-state index contributed by atoms with van der Waals surface area (Å²) in [7, 11) is 0. The Morgan fingerprint density at radius 1 is 1.20 bits per heavy atom. The maximum Gasteiger partial charge on any atom is 0.160 e. The van der Waals surface area contributed by atoms with Crippen LogP contribution in [0.15, 0.2) is 0 Å². The Bertz CT molecular complexity index is 211. The predicted molar refractivity (Wildman–Crippen MR) is 56.4 cm³/mol. The average molecular weight is 212 g/mol. The molecule has 1 saturated heterocycles. The number of ether oxygens (including phenoxy) is 2. The summed E-state index contributed by atoms with van der Waals surface area (Å²) in [6.45, 7) is 3.83. The quantitative estimate of drug-likeness (QED) is 0.703. The van der Waals surface area contributed by atoms with Gasteiger partial charge in [-0.1, -0.05) is 6.92 Å². The molecule has 2 fully saturated rings.